The van der Waals surface area contributed by atoms with Gasteiger partial charge in [0, 0.05) is 23.1 Å². The predicted molar refractivity (Wildman–Crippen MR) is 107 cm³/mol. The van der Waals surface area contributed by atoms with Crippen molar-refractivity contribution in [2.24, 2.45) is 0 Å². The molecule has 140 valence electrons. The molecule has 0 fully saturated rings. The van der Waals surface area contributed by atoms with E-state index >= 15 is 0 Å². The van der Waals surface area contributed by atoms with Gasteiger partial charge in [0.1, 0.15) is 0 Å². The highest BCUT2D eigenvalue weighted by Gasteiger charge is 2.13. The van der Waals surface area contributed by atoms with Crippen LogP contribution in [-0.2, 0) is 10.0 Å². The van der Waals surface area contributed by atoms with Gasteiger partial charge in [-0.3, -0.25) is 4.72 Å². The maximum atomic E-state index is 12.4. The van der Waals surface area contributed by atoms with Gasteiger partial charge in [-0.25, -0.2) is 8.42 Å². The van der Waals surface area contributed by atoms with E-state index in [1.165, 1.54) is 0 Å². The van der Waals surface area contributed by atoms with Crippen LogP contribution in [0.15, 0.2) is 77.7 Å². The number of rotatable bonds is 7. The zero-order valence-corrected chi connectivity index (χ0v) is 15.8. The van der Waals surface area contributed by atoms with Crippen LogP contribution >= 0.6 is 0 Å². The van der Waals surface area contributed by atoms with Crippen LogP contribution in [0.4, 0.5) is 17.1 Å². The first kappa shape index (κ1) is 18.6. The van der Waals surface area contributed by atoms with E-state index in [1.54, 1.807) is 68.8 Å². The van der Waals surface area contributed by atoms with E-state index in [-0.39, 0.29) is 4.90 Å². The highest BCUT2D eigenvalue weighted by Crippen LogP contribution is 2.31. The summed E-state index contributed by atoms with van der Waals surface area (Å²) in [6, 6.07) is 20.7. The van der Waals surface area contributed by atoms with E-state index in [1.807, 2.05) is 18.2 Å². The first-order chi connectivity index (χ1) is 13.0. The minimum Gasteiger partial charge on any atom is -0.493 e. The first-order valence-electron chi connectivity index (χ1n) is 8.19. The number of anilines is 3. The van der Waals surface area contributed by atoms with Crippen LogP contribution in [0.1, 0.15) is 0 Å². The third-order valence-electron chi connectivity index (χ3n) is 3.86. The minimum absolute atomic E-state index is 0.220. The summed E-state index contributed by atoms with van der Waals surface area (Å²) in [5.74, 6) is 1.27. The number of hydrogen-bond acceptors (Lipinski definition) is 5. The van der Waals surface area contributed by atoms with Gasteiger partial charge in [-0.2, -0.15) is 0 Å². The van der Waals surface area contributed by atoms with Gasteiger partial charge in [0.25, 0.3) is 10.0 Å². The monoisotopic (exact) mass is 384 g/mol. The summed E-state index contributed by atoms with van der Waals surface area (Å²) in [5.41, 5.74) is 2.12. The van der Waals surface area contributed by atoms with Crippen molar-refractivity contribution in [3.8, 4) is 11.5 Å². The Hall–Kier alpha value is -3.19. The van der Waals surface area contributed by atoms with Crippen molar-refractivity contribution in [1.29, 1.82) is 0 Å². The van der Waals surface area contributed by atoms with Gasteiger partial charge in [-0.15, -0.1) is 0 Å². The van der Waals surface area contributed by atoms with Crippen molar-refractivity contribution >= 4 is 27.1 Å². The molecule has 0 spiro atoms. The lowest BCUT2D eigenvalue weighted by atomic mass is 10.2. The Balaban J connectivity index is 1.72. The molecule has 6 nitrogen and oxygen atoms in total. The molecular weight excluding hydrogens is 364 g/mol. The van der Waals surface area contributed by atoms with Crippen LogP contribution in [0.5, 0.6) is 11.5 Å². The number of nitrogens with one attached hydrogen (secondary N) is 2. The van der Waals surface area contributed by atoms with Crippen LogP contribution in [0.25, 0.3) is 0 Å². The maximum absolute atomic E-state index is 12.4. The molecule has 0 amide bonds. The van der Waals surface area contributed by atoms with Crippen LogP contribution in [0, 0.1) is 0 Å². The van der Waals surface area contributed by atoms with Crippen LogP contribution in [0.2, 0.25) is 0 Å². The fraction of sp³-hybridized carbons (Fsp3) is 0.100. The molecule has 0 aliphatic carbocycles. The van der Waals surface area contributed by atoms with Crippen molar-refractivity contribution in [3.63, 3.8) is 0 Å². The molecule has 3 rings (SSSR count). The summed E-state index contributed by atoms with van der Waals surface area (Å²) >= 11 is 0. The third-order valence-corrected chi connectivity index (χ3v) is 5.26. The molecule has 0 aliphatic rings. The van der Waals surface area contributed by atoms with Gasteiger partial charge in [0.15, 0.2) is 11.5 Å². The van der Waals surface area contributed by atoms with Crippen molar-refractivity contribution in [3.05, 3.63) is 72.8 Å². The Morgan fingerprint density at radius 3 is 1.93 bits per heavy atom. The van der Waals surface area contributed by atoms with Crippen LogP contribution in [0.3, 0.4) is 0 Å². The second-order valence-electron chi connectivity index (χ2n) is 5.69. The Kier molecular flexibility index (Phi) is 5.52. The second kappa shape index (κ2) is 8.01. The molecule has 0 aromatic heterocycles. The standard InChI is InChI=1S/C20H20N2O4S/c1-25-19-13-12-17(14-20(19)26-2)21-15-8-10-16(11-9-15)22-27(23,24)18-6-4-3-5-7-18/h3-14,21-22H,1-2H3. The molecule has 0 radical (unpaired) electrons. The molecule has 0 atom stereocenters. The topological polar surface area (TPSA) is 76.7 Å². The van der Waals surface area contributed by atoms with Gasteiger partial charge in [0.05, 0.1) is 19.1 Å². The third kappa shape index (κ3) is 4.51. The van der Waals surface area contributed by atoms with Gasteiger partial charge >= 0.3 is 0 Å². The van der Waals surface area contributed by atoms with E-state index < -0.39 is 10.0 Å². The number of sulfonamides is 1. The number of benzene rings is 3. The summed E-state index contributed by atoms with van der Waals surface area (Å²) in [5, 5.41) is 3.24. The van der Waals surface area contributed by atoms with E-state index in [2.05, 4.69) is 10.0 Å². The van der Waals surface area contributed by atoms with Gasteiger partial charge in [-0.1, -0.05) is 18.2 Å². The molecule has 3 aromatic rings. The van der Waals surface area contributed by atoms with Crippen molar-refractivity contribution in [2.75, 3.05) is 24.3 Å². The summed E-state index contributed by atoms with van der Waals surface area (Å²) in [6.07, 6.45) is 0. The molecule has 0 saturated heterocycles. The fourth-order valence-electron chi connectivity index (χ4n) is 2.52. The molecule has 0 bridgehead atoms. The molecule has 0 aliphatic heterocycles. The number of ether oxygens (including phenoxy) is 2. The highest BCUT2D eigenvalue weighted by molar-refractivity contribution is 7.92. The maximum Gasteiger partial charge on any atom is 0.261 e. The molecule has 7 heteroatoms. The average Bonchev–Trinajstić information content (AvgIpc) is 2.70. The molecule has 0 saturated carbocycles. The smallest absolute Gasteiger partial charge is 0.261 e. The zero-order chi connectivity index (χ0) is 19.3. The minimum atomic E-state index is -3.60. The largest absolute Gasteiger partial charge is 0.493 e. The summed E-state index contributed by atoms with van der Waals surface area (Å²) in [4.78, 5) is 0.220. The average molecular weight is 384 g/mol. The molecule has 2 N–H and O–H groups in total. The van der Waals surface area contributed by atoms with Crippen LogP contribution < -0.4 is 19.5 Å². The summed E-state index contributed by atoms with van der Waals surface area (Å²) in [6.45, 7) is 0. The quantitative estimate of drug-likeness (QED) is 0.637. The first-order valence-corrected chi connectivity index (χ1v) is 9.67. The van der Waals surface area contributed by atoms with E-state index in [0.29, 0.717) is 17.2 Å². The molecule has 0 heterocycles. The lowest BCUT2D eigenvalue weighted by Crippen LogP contribution is -2.12. The Bertz CT molecular complexity index is 1000. The Morgan fingerprint density at radius 1 is 0.704 bits per heavy atom. The number of hydrogen-bond donors (Lipinski definition) is 2. The van der Waals surface area contributed by atoms with E-state index in [0.717, 1.165) is 11.4 Å². The second-order valence-corrected chi connectivity index (χ2v) is 7.37. The lowest BCUT2D eigenvalue weighted by Gasteiger charge is -2.12. The highest BCUT2D eigenvalue weighted by atomic mass is 32.2. The number of methoxy groups -OCH3 is 2. The zero-order valence-electron chi connectivity index (χ0n) is 15.0. The van der Waals surface area contributed by atoms with Gasteiger partial charge < -0.3 is 14.8 Å². The lowest BCUT2D eigenvalue weighted by molar-refractivity contribution is 0.355. The normalized spacial score (nSPS) is 10.9. The fourth-order valence-corrected chi connectivity index (χ4v) is 3.60. The molecule has 0 unspecified atom stereocenters. The molecule has 27 heavy (non-hydrogen) atoms. The van der Waals surface area contributed by atoms with E-state index in [9.17, 15) is 8.42 Å². The summed E-state index contributed by atoms with van der Waals surface area (Å²) in [7, 11) is -0.440. The molecule has 3 aromatic carbocycles. The van der Waals surface area contributed by atoms with Gasteiger partial charge in [0.2, 0.25) is 0 Å². The Labute approximate surface area is 158 Å². The molecular formula is C20H20N2O4S. The Morgan fingerprint density at radius 2 is 1.30 bits per heavy atom. The van der Waals surface area contributed by atoms with Crippen molar-refractivity contribution in [2.45, 2.75) is 4.90 Å². The van der Waals surface area contributed by atoms with Crippen LogP contribution in [-0.4, -0.2) is 22.6 Å². The van der Waals surface area contributed by atoms with Crippen molar-refractivity contribution in [1.82, 2.24) is 0 Å². The SMILES string of the molecule is COc1ccc(Nc2ccc(NS(=O)(=O)c3ccccc3)cc2)cc1OC. The van der Waals surface area contributed by atoms with Crippen molar-refractivity contribution < 1.29 is 17.9 Å². The summed E-state index contributed by atoms with van der Waals surface area (Å²) < 4.78 is 37.8. The predicted octanol–water partition coefficient (Wildman–Crippen LogP) is 4.25. The van der Waals surface area contributed by atoms with E-state index in [4.69, 9.17) is 9.47 Å². The van der Waals surface area contributed by atoms with Gasteiger partial charge in [-0.05, 0) is 48.5 Å².